The number of aliphatic hydroxyl groups is 3. The first-order chi connectivity index (χ1) is 23.3. The van der Waals surface area contributed by atoms with Crippen molar-refractivity contribution in [2.45, 2.75) is 89.7 Å². The monoisotopic (exact) mass is 692 g/mol. The van der Waals surface area contributed by atoms with Crippen LogP contribution in [0.25, 0.3) is 0 Å². The number of fused-ring (bicyclic) bond motifs is 3. The lowest BCUT2D eigenvalue weighted by Crippen LogP contribution is -2.83. The molecule has 5 rings (SSSR count). The highest BCUT2D eigenvalue weighted by Gasteiger charge is 2.80. The Balaban J connectivity index is 1.76. The van der Waals surface area contributed by atoms with E-state index in [0.29, 0.717) is 0 Å². The van der Waals surface area contributed by atoms with Gasteiger partial charge in [-0.25, -0.2) is 9.59 Å². The van der Waals surface area contributed by atoms with Crippen molar-refractivity contribution in [3.05, 3.63) is 84.4 Å². The van der Waals surface area contributed by atoms with Gasteiger partial charge in [0.25, 0.3) is 0 Å². The minimum atomic E-state index is -2.75. The summed E-state index contributed by atoms with van der Waals surface area (Å²) in [6, 6.07) is 16.0. The Morgan fingerprint density at radius 1 is 0.780 bits per heavy atom. The lowest BCUT2D eigenvalue weighted by molar-refractivity contribution is -0.321. The number of aliphatic hydroxyl groups excluding tert-OH is 1. The SMILES string of the molecule is C=C[C@@H]1[C@H](OC(=O)c2ccccc2)[C@@H]2[C@@](O)(C(=O)[C@]1(C)O)[C@@H](OC(C)=O)C[C@@H]1C(C)(C)[C@@H](OC(=O)c3ccccc3)[C@@H](O)[C@@H](OC(C)=O)[C@]12C. The van der Waals surface area contributed by atoms with Crippen LogP contribution in [-0.4, -0.2) is 86.7 Å². The molecular formula is C38H44O12. The number of esters is 4. The van der Waals surface area contributed by atoms with Crippen LogP contribution in [0.1, 0.15) is 68.7 Å². The Bertz CT molecular complexity index is 1670. The maximum atomic E-state index is 14.5. The molecule has 0 aromatic heterocycles. The molecule has 2 aromatic carbocycles. The summed E-state index contributed by atoms with van der Waals surface area (Å²) >= 11 is 0. The average molecular weight is 693 g/mol. The second-order valence-corrected chi connectivity index (χ2v) is 14.6. The minimum absolute atomic E-state index is 0.123. The van der Waals surface area contributed by atoms with Crippen LogP contribution in [0.15, 0.2) is 73.3 Å². The third-order valence-corrected chi connectivity index (χ3v) is 11.2. The van der Waals surface area contributed by atoms with Crippen LogP contribution in [0, 0.1) is 28.6 Å². The summed E-state index contributed by atoms with van der Waals surface area (Å²) in [4.78, 5) is 67.1. The van der Waals surface area contributed by atoms with Crippen molar-refractivity contribution in [2.24, 2.45) is 28.6 Å². The minimum Gasteiger partial charge on any atom is -0.459 e. The van der Waals surface area contributed by atoms with Gasteiger partial charge in [0.1, 0.15) is 36.1 Å². The Kier molecular flexibility index (Phi) is 9.63. The zero-order chi connectivity index (χ0) is 37.0. The molecule has 268 valence electrons. The highest BCUT2D eigenvalue weighted by Crippen LogP contribution is 2.67. The Morgan fingerprint density at radius 2 is 1.28 bits per heavy atom. The van der Waals surface area contributed by atoms with Gasteiger partial charge in [0.2, 0.25) is 0 Å². The summed E-state index contributed by atoms with van der Waals surface area (Å²) in [5, 5.41) is 36.8. The molecule has 3 N–H and O–H groups in total. The molecule has 0 unspecified atom stereocenters. The summed E-state index contributed by atoms with van der Waals surface area (Å²) in [5.41, 5.74) is -7.74. The van der Waals surface area contributed by atoms with Gasteiger partial charge in [-0.3, -0.25) is 14.4 Å². The molecule has 0 saturated heterocycles. The Hall–Kier alpha value is -4.39. The molecule has 12 heteroatoms. The molecule has 0 heterocycles. The Morgan fingerprint density at radius 3 is 1.76 bits per heavy atom. The van der Waals surface area contributed by atoms with Gasteiger partial charge in [-0.05, 0) is 43.5 Å². The normalized spacial score (nSPS) is 37.3. The molecule has 50 heavy (non-hydrogen) atoms. The number of carbonyl (C=O) groups excluding carboxylic acids is 5. The molecule has 3 aliphatic carbocycles. The number of carbonyl (C=O) groups is 5. The molecule has 3 aliphatic rings. The zero-order valence-electron chi connectivity index (χ0n) is 28.9. The van der Waals surface area contributed by atoms with E-state index in [1.165, 1.54) is 30.3 Å². The van der Waals surface area contributed by atoms with E-state index in [1.807, 2.05) is 0 Å². The first kappa shape index (κ1) is 36.9. The van der Waals surface area contributed by atoms with Crippen molar-refractivity contribution < 1.29 is 58.2 Å². The van der Waals surface area contributed by atoms with Gasteiger partial charge in [0, 0.05) is 30.6 Å². The molecule has 2 aromatic rings. The predicted molar refractivity (Wildman–Crippen MR) is 176 cm³/mol. The maximum Gasteiger partial charge on any atom is 0.338 e. The molecule has 12 nitrogen and oxygen atoms in total. The van der Waals surface area contributed by atoms with Crippen LogP contribution in [0.4, 0.5) is 0 Å². The lowest BCUT2D eigenvalue weighted by Gasteiger charge is -2.69. The quantitative estimate of drug-likeness (QED) is 0.219. The largest absolute Gasteiger partial charge is 0.459 e. The molecule has 0 amide bonds. The number of hydrogen-bond acceptors (Lipinski definition) is 12. The average Bonchev–Trinajstić information content (AvgIpc) is 3.05. The fraction of sp³-hybridized carbons (Fsp3) is 0.500. The second kappa shape index (κ2) is 13.1. The predicted octanol–water partition coefficient (Wildman–Crippen LogP) is 3.21. The van der Waals surface area contributed by atoms with Gasteiger partial charge < -0.3 is 34.3 Å². The molecule has 11 atom stereocenters. The van der Waals surface area contributed by atoms with Gasteiger partial charge >= 0.3 is 23.9 Å². The first-order valence-electron chi connectivity index (χ1n) is 16.5. The van der Waals surface area contributed by atoms with Gasteiger partial charge in [-0.15, -0.1) is 6.58 Å². The van der Waals surface area contributed by atoms with Gasteiger partial charge in [-0.2, -0.15) is 0 Å². The fourth-order valence-electron chi connectivity index (χ4n) is 9.12. The highest BCUT2D eigenvalue weighted by molar-refractivity contribution is 5.98. The van der Waals surface area contributed by atoms with E-state index in [9.17, 15) is 39.3 Å². The van der Waals surface area contributed by atoms with E-state index in [0.717, 1.165) is 20.8 Å². The van der Waals surface area contributed by atoms with Crippen molar-refractivity contribution in [2.75, 3.05) is 0 Å². The van der Waals surface area contributed by atoms with Gasteiger partial charge in [-0.1, -0.05) is 63.2 Å². The van der Waals surface area contributed by atoms with Crippen molar-refractivity contribution in [3.63, 3.8) is 0 Å². The molecule has 0 bridgehead atoms. The number of rotatable bonds is 7. The number of benzene rings is 2. The second-order valence-electron chi connectivity index (χ2n) is 14.6. The number of ketones is 1. The summed E-state index contributed by atoms with van der Waals surface area (Å²) in [5.74, 6) is -8.24. The van der Waals surface area contributed by atoms with E-state index >= 15 is 0 Å². The van der Waals surface area contributed by atoms with Crippen LogP contribution in [0.5, 0.6) is 0 Å². The topological polar surface area (TPSA) is 183 Å². The third-order valence-electron chi connectivity index (χ3n) is 11.2. The van der Waals surface area contributed by atoms with Crippen molar-refractivity contribution in [1.82, 2.24) is 0 Å². The molecular weight excluding hydrogens is 648 g/mol. The first-order valence-corrected chi connectivity index (χ1v) is 16.5. The van der Waals surface area contributed by atoms with Gasteiger partial charge in [0.15, 0.2) is 11.4 Å². The van der Waals surface area contributed by atoms with Crippen LogP contribution in [-0.2, 0) is 33.3 Å². The maximum absolute atomic E-state index is 14.5. The standard InChI is InChI=1S/C38H44O12/c1-8-24-28(49-32(42)22-15-11-9-12-16-22)29-36(6)25(19-26(47-20(2)39)38(29,46)34(44)37(24,7)45)35(4,5)30(27(41)31(36)48-21(3)40)50-33(43)23-17-13-10-14-18-23/h8-18,24-31,41,45-46H,1,19H2,2-7H3/t24-,25-,26+,27-,28+,29+,30+,31-,36-,37-,38-/m1/s1. The van der Waals surface area contributed by atoms with E-state index < -0.39 is 100.0 Å². The van der Waals surface area contributed by atoms with Crippen LogP contribution < -0.4 is 0 Å². The van der Waals surface area contributed by atoms with Gasteiger partial charge in [0.05, 0.1) is 17.0 Å². The van der Waals surface area contributed by atoms with Crippen LogP contribution >= 0.6 is 0 Å². The molecule has 0 aliphatic heterocycles. The van der Waals surface area contributed by atoms with E-state index in [4.69, 9.17) is 18.9 Å². The van der Waals surface area contributed by atoms with E-state index in [-0.39, 0.29) is 17.5 Å². The van der Waals surface area contributed by atoms with Crippen molar-refractivity contribution >= 4 is 29.7 Å². The fourth-order valence-corrected chi connectivity index (χ4v) is 9.12. The zero-order valence-corrected chi connectivity index (χ0v) is 28.9. The van der Waals surface area contributed by atoms with Crippen LogP contribution in [0.3, 0.4) is 0 Å². The molecule has 0 radical (unpaired) electrons. The molecule has 0 spiro atoms. The van der Waals surface area contributed by atoms with Crippen molar-refractivity contribution in [1.29, 1.82) is 0 Å². The summed E-state index contributed by atoms with van der Waals surface area (Å²) < 4.78 is 23.7. The van der Waals surface area contributed by atoms with E-state index in [2.05, 4.69) is 6.58 Å². The third kappa shape index (κ3) is 5.72. The lowest BCUT2D eigenvalue weighted by atomic mass is 9.38. The van der Waals surface area contributed by atoms with E-state index in [1.54, 1.807) is 57.2 Å². The van der Waals surface area contributed by atoms with Crippen molar-refractivity contribution in [3.8, 4) is 0 Å². The summed E-state index contributed by atoms with van der Waals surface area (Å²) in [7, 11) is 0. The smallest absolute Gasteiger partial charge is 0.338 e. The Labute approximate surface area is 290 Å². The number of Topliss-reactive ketones (excluding diaryl/α,β-unsaturated/α-hetero) is 1. The summed E-state index contributed by atoms with van der Waals surface area (Å²) in [6.07, 6.45) is -6.85. The molecule has 3 fully saturated rings. The number of hydrogen-bond donors (Lipinski definition) is 3. The molecule has 3 saturated carbocycles. The van der Waals surface area contributed by atoms with Crippen LogP contribution in [0.2, 0.25) is 0 Å². The summed E-state index contributed by atoms with van der Waals surface area (Å²) in [6.45, 7) is 12.2. The highest BCUT2D eigenvalue weighted by atomic mass is 16.6. The number of ether oxygens (including phenoxy) is 4.